The van der Waals surface area contributed by atoms with Crippen molar-refractivity contribution < 1.29 is 0 Å². The Labute approximate surface area is 142 Å². The minimum absolute atomic E-state index is 0.219. The van der Waals surface area contributed by atoms with Crippen LogP contribution in [0.4, 0.5) is 17.8 Å². The molecule has 1 aromatic rings. The van der Waals surface area contributed by atoms with Crippen molar-refractivity contribution in [2.24, 2.45) is 17.8 Å². The molecule has 2 unspecified atom stereocenters. The summed E-state index contributed by atoms with van der Waals surface area (Å²) in [5.41, 5.74) is 6.21. The molecule has 2 heterocycles. The highest BCUT2D eigenvalue weighted by molar-refractivity contribution is 5.45. The number of nitrogens with two attached hydrogens (primary N) is 1. The number of rotatable bonds is 4. The maximum atomic E-state index is 5.99. The van der Waals surface area contributed by atoms with E-state index in [0.29, 0.717) is 17.9 Å². The zero-order valence-corrected chi connectivity index (χ0v) is 14.3. The number of nitrogens with zero attached hydrogens (tertiary/aromatic N) is 4. The second kappa shape index (κ2) is 5.18. The number of hydrogen-bond donors (Lipinski definition) is 3. The number of anilines is 3. The number of nitrogens with one attached hydrogen (secondary N) is 2. The van der Waals surface area contributed by atoms with Crippen LogP contribution in [0.5, 0.6) is 0 Å². The molecular weight excluding hydrogens is 302 g/mol. The molecule has 1 aromatic heterocycles. The summed E-state index contributed by atoms with van der Waals surface area (Å²) in [4.78, 5) is 15.7. The first-order valence-corrected chi connectivity index (χ1v) is 9.35. The van der Waals surface area contributed by atoms with E-state index in [1.807, 2.05) is 7.05 Å². The Balaban J connectivity index is 1.39. The second-order valence-corrected chi connectivity index (χ2v) is 8.36. The fourth-order valence-corrected chi connectivity index (χ4v) is 5.98. The van der Waals surface area contributed by atoms with Crippen LogP contribution >= 0.6 is 0 Å². The molecule has 5 aliphatic rings. The van der Waals surface area contributed by atoms with Gasteiger partial charge < -0.3 is 21.3 Å². The van der Waals surface area contributed by atoms with E-state index < -0.39 is 0 Å². The molecule has 4 N–H and O–H groups in total. The Morgan fingerprint density at radius 2 is 1.92 bits per heavy atom. The number of aromatic nitrogens is 3. The van der Waals surface area contributed by atoms with Crippen molar-refractivity contribution >= 4 is 17.8 Å². The van der Waals surface area contributed by atoms with E-state index in [0.717, 1.165) is 43.2 Å². The Bertz CT molecular complexity index is 634. The average Bonchev–Trinajstić information content (AvgIpc) is 3.17. The molecule has 3 atom stereocenters. The molecule has 4 aliphatic carbocycles. The molecular formula is C17H27N7. The lowest BCUT2D eigenvalue weighted by molar-refractivity contribution is 0.274. The third-order valence-electron chi connectivity index (χ3n) is 6.87. The van der Waals surface area contributed by atoms with Gasteiger partial charge in [0.2, 0.25) is 17.8 Å². The molecule has 7 nitrogen and oxygen atoms in total. The maximum Gasteiger partial charge on any atom is 0.232 e. The van der Waals surface area contributed by atoms with Crippen molar-refractivity contribution in [3.8, 4) is 0 Å². The van der Waals surface area contributed by atoms with E-state index >= 15 is 0 Å². The van der Waals surface area contributed by atoms with Crippen molar-refractivity contribution in [3.63, 3.8) is 0 Å². The van der Waals surface area contributed by atoms with Gasteiger partial charge in [0.15, 0.2) is 0 Å². The third-order valence-corrected chi connectivity index (χ3v) is 6.87. The summed E-state index contributed by atoms with van der Waals surface area (Å²) in [7, 11) is 2.01. The quantitative estimate of drug-likeness (QED) is 0.765. The Kier molecular flexibility index (Phi) is 3.17. The van der Waals surface area contributed by atoms with E-state index in [9.17, 15) is 0 Å². The SMILES string of the molecule is CN[C@@H]1CCN(c2nc(N)nc(NC34CC5CC(CC3C5)C4)n2)C1. The Morgan fingerprint density at radius 1 is 1.12 bits per heavy atom. The molecule has 0 aromatic carbocycles. The second-order valence-electron chi connectivity index (χ2n) is 8.36. The lowest BCUT2D eigenvalue weighted by Gasteiger charge is -2.34. The average molecular weight is 329 g/mol. The van der Waals surface area contributed by atoms with Gasteiger partial charge in [-0.3, -0.25) is 0 Å². The highest BCUT2D eigenvalue weighted by Crippen LogP contribution is 2.61. The molecule has 24 heavy (non-hydrogen) atoms. The van der Waals surface area contributed by atoms with Gasteiger partial charge in [0.25, 0.3) is 0 Å². The van der Waals surface area contributed by atoms with Crippen molar-refractivity contribution in [2.45, 2.75) is 50.1 Å². The van der Waals surface area contributed by atoms with Crippen LogP contribution in [0, 0.1) is 17.8 Å². The highest BCUT2D eigenvalue weighted by Gasteiger charge is 2.58. The van der Waals surface area contributed by atoms with E-state index in [1.54, 1.807) is 0 Å². The van der Waals surface area contributed by atoms with E-state index in [2.05, 4.69) is 25.5 Å². The van der Waals surface area contributed by atoms with Crippen LogP contribution in [0.25, 0.3) is 0 Å². The first-order valence-electron chi connectivity index (χ1n) is 9.35. The zero-order valence-electron chi connectivity index (χ0n) is 14.3. The molecule has 0 spiro atoms. The van der Waals surface area contributed by atoms with Crippen LogP contribution in [0.15, 0.2) is 0 Å². The van der Waals surface area contributed by atoms with Crippen LogP contribution < -0.4 is 21.3 Å². The van der Waals surface area contributed by atoms with Gasteiger partial charge in [-0.1, -0.05) is 0 Å². The van der Waals surface area contributed by atoms with Gasteiger partial charge in [0, 0.05) is 24.7 Å². The normalized spacial score (nSPS) is 39.8. The van der Waals surface area contributed by atoms with Crippen LogP contribution in [0.2, 0.25) is 0 Å². The number of hydrogen-bond acceptors (Lipinski definition) is 7. The Morgan fingerprint density at radius 3 is 2.62 bits per heavy atom. The van der Waals surface area contributed by atoms with Crippen LogP contribution in [0.1, 0.15) is 38.5 Å². The molecule has 0 amide bonds. The molecule has 6 rings (SSSR count). The largest absolute Gasteiger partial charge is 0.368 e. The minimum Gasteiger partial charge on any atom is -0.368 e. The van der Waals surface area contributed by atoms with Crippen LogP contribution in [-0.4, -0.2) is 46.7 Å². The third kappa shape index (κ3) is 2.24. The number of likely N-dealkylation sites (N-methyl/N-ethyl adjacent to an activating group) is 1. The molecule has 1 saturated heterocycles. The highest BCUT2D eigenvalue weighted by atomic mass is 15.3. The lowest BCUT2D eigenvalue weighted by atomic mass is 9.80. The first kappa shape index (κ1) is 14.7. The van der Waals surface area contributed by atoms with Crippen molar-refractivity contribution in [1.82, 2.24) is 20.3 Å². The fraction of sp³-hybridized carbons (Fsp3) is 0.824. The summed E-state index contributed by atoms with van der Waals surface area (Å²) < 4.78 is 0. The predicted molar refractivity (Wildman–Crippen MR) is 93.8 cm³/mol. The monoisotopic (exact) mass is 329 g/mol. The molecule has 1 aliphatic heterocycles. The van der Waals surface area contributed by atoms with Gasteiger partial charge in [0.1, 0.15) is 0 Å². The molecule has 7 heteroatoms. The Hall–Kier alpha value is -1.63. The summed E-state index contributed by atoms with van der Waals surface area (Å²) >= 11 is 0. The molecule has 4 saturated carbocycles. The predicted octanol–water partition coefficient (Wildman–Crippen LogP) is 1.24. The van der Waals surface area contributed by atoms with E-state index in [4.69, 9.17) is 10.7 Å². The summed E-state index contributed by atoms with van der Waals surface area (Å²) in [6.07, 6.45) is 7.87. The van der Waals surface area contributed by atoms with Crippen molar-refractivity contribution in [2.75, 3.05) is 36.1 Å². The van der Waals surface area contributed by atoms with Gasteiger partial charge in [-0.25, -0.2) is 0 Å². The first-order chi connectivity index (χ1) is 11.6. The van der Waals surface area contributed by atoms with E-state index in [1.165, 1.54) is 32.1 Å². The van der Waals surface area contributed by atoms with Gasteiger partial charge in [-0.2, -0.15) is 15.0 Å². The summed E-state index contributed by atoms with van der Waals surface area (Å²) in [6, 6.07) is 0.499. The van der Waals surface area contributed by atoms with Gasteiger partial charge in [0.05, 0.1) is 0 Å². The fourth-order valence-electron chi connectivity index (χ4n) is 5.98. The van der Waals surface area contributed by atoms with Gasteiger partial charge in [-0.05, 0) is 63.3 Å². The molecule has 5 fully saturated rings. The van der Waals surface area contributed by atoms with Crippen LogP contribution in [0.3, 0.4) is 0 Å². The lowest BCUT2D eigenvalue weighted by Crippen LogP contribution is -2.40. The summed E-state index contributed by atoms with van der Waals surface area (Å²) in [5.74, 6) is 4.33. The minimum atomic E-state index is 0.219. The smallest absolute Gasteiger partial charge is 0.232 e. The molecule has 0 radical (unpaired) electrons. The van der Waals surface area contributed by atoms with Crippen LogP contribution in [-0.2, 0) is 0 Å². The van der Waals surface area contributed by atoms with Gasteiger partial charge >= 0.3 is 0 Å². The topological polar surface area (TPSA) is 92.0 Å². The van der Waals surface area contributed by atoms with Gasteiger partial charge in [-0.15, -0.1) is 0 Å². The van der Waals surface area contributed by atoms with E-state index in [-0.39, 0.29) is 5.54 Å². The maximum absolute atomic E-state index is 5.99. The summed E-state index contributed by atoms with van der Waals surface area (Å²) in [5, 5.41) is 7.05. The van der Waals surface area contributed by atoms with Crippen molar-refractivity contribution in [3.05, 3.63) is 0 Å². The standard InChI is InChI=1S/C17H27N7/c1-19-13-2-3-24(9-13)16-21-14(18)20-15(22-16)23-17-7-10-4-11(8-17)6-12(17)5-10/h10-13,19H,2-9H2,1H3,(H3,18,20,21,22,23)/t10?,11?,12?,13-,17?/m1/s1. The summed E-state index contributed by atoms with van der Waals surface area (Å²) in [6.45, 7) is 1.89. The van der Waals surface area contributed by atoms with Crippen molar-refractivity contribution in [1.29, 1.82) is 0 Å². The molecule has 130 valence electrons. The molecule has 4 bridgehead atoms. The zero-order chi connectivity index (χ0) is 16.3. The number of nitrogen functional groups attached to an aromatic ring is 1.